The van der Waals surface area contributed by atoms with Crippen molar-refractivity contribution in [3.8, 4) is 0 Å². The Kier molecular flexibility index (Phi) is 3.79. The summed E-state index contributed by atoms with van der Waals surface area (Å²) in [6, 6.07) is 0. The molecule has 0 aliphatic carbocycles. The van der Waals surface area contributed by atoms with Crippen LogP contribution in [0.1, 0.15) is 47.2 Å². The Morgan fingerprint density at radius 1 is 1.53 bits per heavy atom. The molecule has 0 spiro atoms. The number of carbonyl (C=O) groups is 1. The van der Waals surface area contributed by atoms with Gasteiger partial charge in [0, 0.05) is 24.0 Å². The molecule has 1 aliphatic heterocycles. The SMILES string of the molecule is Cc1nc(C2CCOCC2)sc1C(C)C(=O)O. The number of hydrogen-bond acceptors (Lipinski definition) is 4. The summed E-state index contributed by atoms with van der Waals surface area (Å²) in [6.45, 7) is 5.19. The molecule has 0 bridgehead atoms. The van der Waals surface area contributed by atoms with E-state index in [-0.39, 0.29) is 0 Å². The number of carboxylic acid groups (broad SMARTS) is 1. The maximum atomic E-state index is 11.0. The molecule has 17 heavy (non-hydrogen) atoms. The van der Waals surface area contributed by atoms with Gasteiger partial charge in [0.15, 0.2) is 0 Å². The molecule has 0 aromatic carbocycles. The second-order valence-electron chi connectivity index (χ2n) is 4.45. The van der Waals surface area contributed by atoms with Crippen LogP contribution in [0.3, 0.4) is 0 Å². The molecular formula is C12H17NO3S. The summed E-state index contributed by atoms with van der Waals surface area (Å²) in [5, 5.41) is 10.1. The molecule has 4 nitrogen and oxygen atoms in total. The Labute approximate surface area is 105 Å². The van der Waals surface area contributed by atoms with Crippen molar-refractivity contribution in [1.29, 1.82) is 0 Å². The zero-order valence-corrected chi connectivity index (χ0v) is 10.9. The minimum atomic E-state index is -0.782. The molecule has 1 aromatic heterocycles. The van der Waals surface area contributed by atoms with Gasteiger partial charge in [0.05, 0.1) is 16.6 Å². The molecule has 1 fully saturated rings. The van der Waals surface area contributed by atoms with Crippen LogP contribution in [-0.4, -0.2) is 29.3 Å². The molecule has 0 radical (unpaired) electrons. The number of aryl methyl sites for hydroxylation is 1. The molecule has 1 N–H and O–H groups in total. The van der Waals surface area contributed by atoms with E-state index in [0.717, 1.165) is 41.6 Å². The van der Waals surface area contributed by atoms with Gasteiger partial charge in [-0.15, -0.1) is 11.3 Å². The first kappa shape index (κ1) is 12.5. The van der Waals surface area contributed by atoms with Crippen LogP contribution in [0.5, 0.6) is 0 Å². The maximum absolute atomic E-state index is 11.0. The first-order valence-electron chi connectivity index (χ1n) is 5.87. The van der Waals surface area contributed by atoms with Crippen molar-refractivity contribution in [2.24, 2.45) is 0 Å². The second kappa shape index (κ2) is 5.14. The predicted molar refractivity (Wildman–Crippen MR) is 65.7 cm³/mol. The number of nitrogens with zero attached hydrogens (tertiary/aromatic N) is 1. The molecular weight excluding hydrogens is 238 g/mol. The Balaban J connectivity index is 2.20. The van der Waals surface area contributed by atoms with Gasteiger partial charge in [0.25, 0.3) is 0 Å². The van der Waals surface area contributed by atoms with Crippen LogP contribution in [0.4, 0.5) is 0 Å². The summed E-state index contributed by atoms with van der Waals surface area (Å²) < 4.78 is 5.33. The standard InChI is InChI=1S/C12H17NO3S/c1-7(12(14)15)10-8(2)13-11(17-10)9-3-5-16-6-4-9/h7,9H,3-6H2,1-2H3,(H,14,15). The summed E-state index contributed by atoms with van der Waals surface area (Å²) in [5.41, 5.74) is 0.867. The van der Waals surface area contributed by atoms with Crippen LogP contribution in [0.2, 0.25) is 0 Å². The maximum Gasteiger partial charge on any atom is 0.311 e. The van der Waals surface area contributed by atoms with Crippen LogP contribution in [0.25, 0.3) is 0 Å². The van der Waals surface area contributed by atoms with E-state index in [2.05, 4.69) is 4.98 Å². The molecule has 1 aliphatic rings. The van der Waals surface area contributed by atoms with Crippen molar-refractivity contribution in [1.82, 2.24) is 4.98 Å². The Bertz CT molecular complexity index is 410. The van der Waals surface area contributed by atoms with Crippen molar-refractivity contribution in [2.45, 2.75) is 38.5 Å². The van der Waals surface area contributed by atoms with E-state index >= 15 is 0 Å². The number of rotatable bonds is 3. The van der Waals surface area contributed by atoms with Gasteiger partial charge in [-0.05, 0) is 26.7 Å². The number of aliphatic carboxylic acids is 1. The minimum absolute atomic E-state index is 0.446. The number of ether oxygens (including phenoxy) is 1. The molecule has 1 saturated heterocycles. The zero-order valence-electron chi connectivity index (χ0n) is 10.1. The third-order valence-corrected chi connectivity index (χ3v) is 4.69. The first-order valence-corrected chi connectivity index (χ1v) is 6.69. The van der Waals surface area contributed by atoms with Gasteiger partial charge in [-0.3, -0.25) is 4.79 Å². The molecule has 0 amide bonds. The fourth-order valence-corrected chi connectivity index (χ4v) is 3.34. The Hall–Kier alpha value is -0.940. The quantitative estimate of drug-likeness (QED) is 0.901. The van der Waals surface area contributed by atoms with Crippen LogP contribution in [0.15, 0.2) is 0 Å². The zero-order chi connectivity index (χ0) is 12.4. The average Bonchev–Trinajstić information content (AvgIpc) is 2.71. The third kappa shape index (κ3) is 2.66. The van der Waals surface area contributed by atoms with Crippen LogP contribution in [-0.2, 0) is 9.53 Å². The molecule has 2 heterocycles. The summed E-state index contributed by atoms with van der Waals surface area (Å²) in [4.78, 5) is 16.4. The highest BCUT2D eigenvalue weighted by atomic mass is 32.1. The van der Waals surface area contributed by atoms with E-state index in [0.29, 0.717) is 5.92 Å². The lowest BCUT2D eigenvalue weighted by Gasteiger charge is -2.19. The fraction of sp³-hybridized carbons (Fsp3) is 0.667. The van der Waals surface area contributed by atoms with E-state index in [1.165, 1.54) is 0 Å². The van der Waals surface area contributed by atoms with Crippen LogP contribution >= 0.6 is 11.3 Å². The van der Waals surface area contributed by atoms with E-state index in [1.54, 1.807) is 18.3 Å². The molecule has 1 unspecified atom stereocenters. The highest BCUT2D eigenvalue weighted by molar-refractivity contribution is 7.12. The van der Waals surface area contributed by atoms with Crippen molar-refractivity contribution in [3.05, 3.63) is 15.6 Å². The number of carboxylic acids is 1. The molecule has 1 aromatic rings. The van der Waals surface area contributed by atoms with Crippen molar-refractivity contribution >= 4 is 17.3 Å². The minimum Gasteiger partial charge on any atom is -0.481 e. The lowest BCUT2D eigenvalue weighted by Crippen LogP contribution is -2.13. The van der Waals surface area contributed by atoms with Gasteiger partial charge in [-0.25, -0.2) is 4.98 Å². The van der Waals surface area contributed by atoms with Crippen LogP contribution in [0, 0.1) is 6.92 Å². The Morgan fingerprint density at radius 3 is 2.76 bits per heavy atom. The van der Waals surface area contributed by atoms with Crippen LogP contribution < -0.4 is 0 Å². The van der Waals surface area contributed by atoms with Gasteiger partial charge < -0.3 is 9.84 Å². The predicted octanol–water partition coefficient (Wildman–Crippen LogP) is 2.53. The van der Waals surface area contributed by atoms with Gasteiger partial charge in [-0.2, -0.15) is 0 Å². The average molecular weight is 255 g/mol. The normalized spacial score (nSPS) is 19.2. The lowest BCUT2D eigenvalue weighted by molar-refractivity contribution is -0.138. The largest absolute Gasteiger partial charge is 0.481 e. The van der Waals surface area contributed by atoms with E-state index in [1.807, 2.05) is 6.92 Å². The third-order valence-electron chi connectivity index (χ3n) is 3.18. The summed E-state index contributed by atoms with van der Waals surface area (Å²) in [5.74, 6) is -0.793. The molecule has 2 rings (SSSR count). The molecule has 5 heteroatoms. The number of aromatic nitrogens is 1. The second-order valence-corrected chi connectivity index (χ2v) is 5.51. The highest BCUT2D eigenvalue weighted by Gasteiger charge is 2.24. The fourth-order valence-electron chi connectivity index (χ4n) is 2.06. The number of thiazole rings is 1. The topological polar surface area (TPSA) is 59.4 Å². The number of hydrogen-bond donors (Lipinski definition) is 1. The summed E-state index contributed by atoms with van der Waals surface area (Å²) in [7, 11) is 0. The Morgan fingerprint density at radius 2 is 2.18 bits per heavy atom. The highest BCUT2D eigenvalue weighted by Crippen LogP contribution is 2.34. The van der Waals surface area contributed by atoms with E-state index in [9.17, 15) is 4.79 Å². The molecule has 1 atom stereocenters. The molecule has 94 valence electrons. The van der Waals surface area contributed by atoms with E-state index in [4.69, 9.17) is 9.84 Å². The lowest BCUT2D eigenvalue weighted by atomic mass is 10.0. The van der Waals surface area contributed by atoms with E-state index < -0.39 is 11.9 Å². The molecule has 0 saturated carbocycles. The van der Waals surface area contributed by atoms with Crippen molar-refractivity contribution in [3.63, 3.8) is 0 Å². The van der Waals surface area contributed by atoms with Gasteiger partial charge in [-0.1, -0.05) is 0 Å². The van der Waals surface area contributed by atoms with Gasteiger partial charge >= 0.3 is 5.97 Å². The van der Waals surface area contributed by atoms with Crippen molar-refractivity contribution < 1.29 is 14.6 Å². The smallest absolute Gasteiger partial charge is 0.311 e. The van der Waals surface area contributed by atoms with Gasteiger partial charge in [0.1, 0.15) is 0 Å². The summed E-state index contributed by atoms with van der Waals surface area (Å²) in [6.07, 6.45) is 1.99. The van der Waals surface area contributed by atoms with Crippen molar-refractivity contribution in [2.75, 3.05) is 13.2 Å². The first-order chi connectivity index (χ1) is 8.09. The van der Waals surface area contributed by atoms with Gasteiger partial charge in [0.2, 0.25) is 0 Å². The monoisotopic (exact) mass is 255 g/mol. The summed E-state index contributed by atoms with van der Waals surface area (Å²) >= 11 is 1.55.